The zero-order chi connectivity index (χ0) is 37.0. The van der Waals surface area contributed by atoms with Gasteiger partial charge in [0, 0.05) is 44.0 Å². The molecule has 0 aliphatic heterocycles. The lowest BCUT2D eigenvalue weighted by Crippen LogP contribution is -2.00. The number of hydrogen-bond acceptors (Lipinski definition) is 5. The van der Waals surface area contributed by atoms with E-state index in [1.807, 2.05) is 91.0 Å². The molecule has 0 aliphatic carbocycles. The van der Waals surface area contributed by atoms with E-state index in [4.69, 9.17) is 24.4 Å². The van der Waals surface area contributed by atoms with Crippen LogP contribution in [-0.4, -0.2) is 24.5 Å². The normalized spacial score (nSPS) is 11.6. The van der Waals surface area contributed by atoms with Crippen LogP contribution in [-0.2, 0) is 0 Å². The highest BCUT2D eigenvalue weighted by molar-refractivity contribution is 6.28. The van der Waals surface area contributed by atoms with Gasteiger partial charge in [-0.1, -0.05) is 152 Å². The van der Waals surface area contributed by atoms with E-state index in [-0.39, 0.29) is 0 Å². The van der Waals surface area contributed by atoms with Crippen LogP contribution in [0.1, 0.15) is 0 Å². The Morgan fingerprint density at radius 3 is 1.62 bits per heavy atom. The number of aromatic nitrogens is 5. The molecule has 0 amide bonds. The second-order valence-corrected chi connectivity index (χ2v) is 13.8. The van der Waals surface area contributed by atoms with Gasteiger partial charge in [-0.05, 0) is 47.3 Å². The molecule has 6 heteroatoms. The minimum atomic E-state index is 0.525. The van der Waals surface area contributed by atoms with Gasteiger partial charge in [-0.2, -0.15) is 0 Å². The van der Waals surface area contributed by atoms with Crippen molar-refractivity contribution in [2.45, 2.75) is 0 Å². The fourth-order valence-corrected chi connectivity index (χ4v) is 7.93. The molecule has 0 bridgehead atoms. The van der Waals surface area contributed by atoms with Crippen molar-refractivity contribution in [1.29, 1.82) is 0 Å². The Balaban J connectivity index is 1.24. The zero-order valence-corrected chi connectivity index (χ0v) is 30.0. The fraction of sp³-hybridized carbons (Fsp3) is 0. The summed E-state index contributed by atoms with van der Waals surface area (Å²) in [6.45, 7) is 0. The molecule has 11 rings (SSSR count). The van der Waals surface area contributed by atoms with Gasteiger partial charge in [0.25, 0.3) is 0 Å². The Morgan fingerprint density at radius 2 is 0.946 bits per heavy atom. The molecule has 0 fully saturated rings. The molecule has 3 aromatic heterocycles. The zero-order valence-electron chi connectivity index (χ0n) is 30.0. The minimum Gasteiger partial charge on any atom is -0.435 e. The molecule has 0 aliphatic rings. The number of benzene rings is 8. The Morgan fingerprint density at radius 1 is 0.393 bits per heavy atom. The van der Waals surface area contributed by atoms with Gasteiger partial charge in [0.2, 0.25) is 5.89 Å². The van der Waals surface area contributed by atoms with E-state index >= 15 is 0 Å². The summed E-state index contributed by atoms with van der Waals surface area (Å²) in [5.41, 5.74) is 10.4. The molecular formula is C50H31N5O. The lowest BCUT2D eigenvalue weighted by molar-refractivity contribution is 0.623. The maximum absolute atomic E-state index is 6.93. The molecule has 0 spiro atoms. The van der Waals surface area contributed by atoms with E-state index in [9.17, 15) is 0 Å². The first-order chi connectivity index (χ1) is 27.8. The molecule has 11 aromatic rings. The van der Waals surface area contributed by atoms with Crippen LogP contribution in [0.3, 0.4) is 0 Å². The average molecular weight is 718 g/mol. The van der Waals surface area contributed by atoms with Crippen LogP contribution in [0.4, 0.5) is 0 Å². The molecule has 3 heterocycles. The molecule has 8 aromatic carbocycles. The van der Waals surface area contributed by atoms with E-state index in [1.54, 1.807) is 0 Å². The summed E-state index contributed by atoms with van der Waals surface area (Å²) in [5, 5.41) is 4.21. The van der Waals surface area contributed by atoms with Crippen LogP contribution in [0.15, 0.2) is 192 Å². The molecular weight excluding hydrogens is 687 g/mol. The largest absolute Gasteiger partial charge is 0.435 e. The Bertz CT molecular complexity index is 3170. The lowest BCUT2D eigenvalue weighted by atomic mass is 9.99. The standard InChI is InChI=1S/C50H31N5O/c1-5-17-32(18-6-1)37-25-13-15-27-40(37)55-41-28-16-14-26-38(41)44-42(55)30-29-36-31-39(45-46(43(36)44)56-50(51-45)35-23-11-4-12-24-35)49-53-47(33-19-7-2-8-20-33)52-48(54-49)34-21-9-3-10-22-34/h1-31H. The topological polar surface area (TPSA) is 69.6 Å². The van der Waals surface area contributed by atoms with Gasteiger partial charge >= 0.3 is 0 Å². The average Bonchev–Trinajstić information content (AvgIpc) is 3.88. The maximum atomic E-state index is 6.93. The molecule has 0 unspecified atom stereocenters. The molecule has 0 N–H and O–H groups in total. The molecule has 0 saturated carbocycles. The van der Waals surface area contributed by atoms with Crippen molar-refractivity contribution in [2.75, 3.05) is 0 Å². The second kappa shape index (κ2) is 13.0. The first kappa shape index (κ1) is 31.8. The van der Waals surface area contributed by atoms with Gasteiger partial charge in [-0.3, -0.25) is 0 Å². The smallest absolute Gasteiger partial charge is 0.227 e. The summed E-state index contributed by atoms with van der Waals surface area (Å²) in [7, 11) is 0. The third-order valence-electron chi connectivity index (χ3n) is 10.5. The van der Waals surface area contributed by atoms with Gasteiger partial charge in [0.05, 0.1) is 16.7 Å². The van der Waals surface area contributed by atoms with Crippen LogP contribution >= 0.6 is 0 Å². The second-order valence-electron chi connectivity index (χ2n) is 13.8. The molecule has 6 nitrogen and oxygen atoms in total. The van der Waals surface area contributed by atoms with Crippen LogP contribution < -0.4 is 0 Å². The molecule has 0 saturated heterocycles. The Labute approximate surface area is 322 Å². The third kappa shape index (κ3) is 5.19. The van der Waals surface area contributed by atoms with E-state index in [1.165, 1.54) is 0 Å². The number of rotatable bonds is 6. The predicted octanol–water partition coefficient (Wildman–Crippen LogP) is 12.6. The van der Waals surface area contributed by atoms with Crippen LogP contribution in [0, 0.1) is 0 Å². The monoisotopic (exact) mass is 717 g/mol. The summed E-state index contributed by atoms with van der Waals surface area (Å²) in [6.07, 6.45) is 0. The first-order valence-corrected chi connectivity index (χ1v) is 18.7. The van der Waals surface area contributed by atoms with Gasteiger partial charge in [0.15, 0.2) is 23.1 Å². The third-order valence-corrected chi connectivity index (χ3v) is 10.5. The van der Waals surface area contributed by atoms with Crippen LogP contribution in [0.25, 0.3) is 106 Å². The highest BCUT2D eigenvalue weighted by Crippen LogP contribution is 2.44. The number of fused-ring (bicyclic) bond motifs is 7. The quantitative estimate of drug-likeness (QED) is 0.171. The number of oxazole rings is 1. The van der Waals surface area contributed by atoms with Gasteiger partial charge in [0.1, 0.15) is 5.52 Å². The van der Waals surface area contributed by atoms with Crippen molar-refractivity contribution in [3.8, 4) is 62.4 Å². The predicted molar refractivity (Wildman–Crippen MR) is 226 cm³/mol. The summed E-state index contributed by atoms with van der Waals surface area (Å²) < 4.78 is 9.31. The Kier molecular flexibility index (Phi) is 7.38. The van der Waals surface area contributed by atoms with Crippen molar-refractivity contribution in [3.05, 3.63) is 188 Å². The van der Waals surface area contributed by atoms with E-state index < -0.39 is 0 Å². The van der Waals surface area contributed by atoms with Crippen molar-refractivity contribution in [3.63, 3.8) is 0 Å². The van der Waals surface area contributed by atoms with E-state index in [0.717, 1.165) is 71.6 Å². The summed E-state index contributed by atoms with van der Waals surface area (Å²) >= 11 is 0. The maximum Gasteiger partial charge on any atom is 0.227 e. The summed E-state index contributed by atoms with van der Waals surface area (Å²) in [6, 6.07) is 64.5. The molecule has 262 valence electrons. The van der Waals surface area contributed by atoms with Gasteiger partial charge in [-0.25, -0.2) is 19.9 Å². The van der Waals surface area contributed by atoms with Crippen molar-refractivity contribution < 1.29 is 4.42 Å². The first-order valence-electron chi connectivity index (χ1n) is 18.7. The summed E-state index contributed by atoms with van der Waals surface area (Å²) in [4.78, 5) is 20.5. The lowest BCUT2D eigenvalue weighted by Gasteiger charge is -2.14. The van der Waals surface area contributed by atoms with Crippen LogP contribution in [0.2, 0.25) is 0 Å². The fourth-order valence-electron chi connectivity index (χ4n) is 7.93. The SMILES string of the molecule is c1ccc(-c2nc(-c3ccccc3)nc(-c3cc4ccc5c(c6ccccc6n5-c5ccccc5-c5ccccc5)c4c4oc(-c5ccccc5)nc34)n2)cc1. The van der Waals surface area contributed by atoms with Crippen molar-refractivity contribution >= 4 is 43.7 Å². The number of para-hydroxylation sites is 2. The van der Waals surface area contributed by atoms with Crippen LogP contribution in [0.5, 0.6) is 0 Å². The minimum absolute atomic E-state index is 0.525. The molecule has 0 radical (unpaired) electrons. The number of hydrogen-bond donors (Lipinski definition) is 0. The number of nitrogens with zero attached hydrogens (tertiary/aromatic N) is 5. The molecule has 0 atom stereocenters. The van der Waals surface area contributed by atoms with Crippen molar-refractivity contribution in [2.24, 2.45) is 0 Å². The Hall–Kier alpha value is -7.70. The van der Waals surface area contributed by atoms with Crippen molar-refractivity contribution in [1.82, 2.24) is 24.5 Å². The van der Waals surface area contributed by atoms with Gasteiger partial charge < -0.3 is 8.98 Å². The highest BCUT2D eigenvalue weighted by atomic mass is 16.3. The van der Waals surface area contributed by atoms with Gasteiger partial charge in [-0.15, -0.1) is 0 Å². The van der Waals surface area contributed by atoms with E-state index in [0.29, 0.717) is 34.5 Å². The van der Waals surface area contributed by atoms with E-state index in [2.05, 4.69) is 102 Å². The highest BCUT2D eigenvalue weighted by Gasteiger charge is 2.24. The summed E-state index contributed by atoms with van der Waals surface area (Å²) in [5.74, 6) is 2.23. The molecule has 56 heavy (non-hydrogen) atoms.